The van der Waals surface area contributed by atoms with Crippen molar-refractivity contribution in [2.24, 2.45) is 0 Å². The molecule has 0 radical (unpaired) electrons. The van der Waals surface area contributed by atoms with Gasteiger partial charge in [0.1, 0.15) is 0 Å². The molecule has 1 aromatic carbocycles. The molecule has 0 saturated carbocycles. The predicted molar refractivity (Wildman–Crippen MR) is 82.4 cm³/mol. The van der Waals surface area contributed by atoms with Gasteiger partial charge in [0, 0.05) is 37.3 Å². The predicted octanol–water partition coefficient (Wildman–Crippen LogP) is 3.55. The van der Waals surface area contributed by atoms with Crippen LogP contribution in [0.25, 0.3) is 0 Å². The summed E-state index contributed by atoms with van der Waals surface area (Å²) in [6, 6.07) is 11.7. The van der Waals surface area contributed by atoms with Crippen molar-refractivity contribution >= 4 is 11.6 Å². The highest BCUT2D eigenvalue weighted by molar-refractivity contribution is 6.25. The van der Waals surface area contributed by atoms with Crippen LogP contribution in [0.1, 0.15) is 31.4 Å². The zero-order valence-electron chi connectivity index (χ0n) is 11.6. The van der Waals surface area contributed by atoms with Gasteiger partial charge in [-0.15, -0.1) is 0 Å². The molecule has 2 atom stereocenters. The summed E-state index contributed by atoms with van der Waals surface area (Å²) in [6.45, 7) is 5.30. The second kappa shape index (κ2) is 7.68. The lowest BCUT2D eigenvalue weighted by Gasteiger charge is -2.40. The second-order valence-electron chi connectivity index (χ2n) is 5.13. The molecule has 2 unspecified atom stereocenters. The maximum atomic E-state index is 5.68. The molecule has 0 amide bonds. The van der Waals surface area contributed by atoms with Crippen LogP contribution < -0.4 is 5.32 Å². The Morgan fingerprint density at radius 3 is 2.84 bits per heavy atom. The van der Waals surface area contributed by atoms with E-state index in [2.05, 4.69) is 47.5 Å². The zero-order valence-corrected chi connectivity index (χ0v) is 12.3. The summed E-state index contributed by atoms with van der Waals surface area (Å²) in [7, 11) is 0. The van der Waals surface area contributed by atoms with Crippen molar-refractivity contribution in [2.75, 3.05) is 19.6 Å². The maximum absolute atomic E-state index is 5.68. The molecule has 1 fully saturated rings. The Bertz CT molecular complexity index is 391. The molecule has 3 heteroatoms. The first kappa shape index (κ1) is 14.6. The molecule has 2 nitrogen and oxygen atoms in total. The minimum absolute atomic E-state index is 0.429. The van der Waals surface area contributed by atoms with Crippen LogP contribution in [-0.4, -0.2) is 30.6 Å². The summed E-state index contributed by atoms with van der Waals surface area (Å²) >= 11 is 5.68. The van der Waals surface area contributed by atoms with E-state index in [1.807, 2.05) is 6.08 Å². The van der Waals surface area contributed by atoms with Crippen molar-refractivity contribution in [2.45, 2.75) is 31.8 Å². The normalized spacial score (nSPS) is 24.9. The summed E-state index contributed by atoms with van der Waals surface area (Å²) in [5.41, 5.74) is 3.00. The van der Waals surface area contributed by atoms with Gasteiger partial charge in [-0.25, -0.2) is 0 Å². The lowest BCUT2D eigenvalue weighted by Crippen LogP contribution is -2.52. The number of nitrogens with zero attached hydrogens (tertiary/aromatic N) is 1. The van der Waals surface area contributed by atoms with Crippen LogP contribution in [0.5, 0.6) is 0 Å². The van der Waals surface area contributed by atoms with Gasteiger partial charge in [0.25, 0.3) is 0 Å². The molecule has 0 spiro atoms. The van der Waals surface area contributed by atoms with Gasteiger partial charge < -0.3 is 5.32 Å². The summed E-state index contributed by atoms with van der Waals surface area (Å²) < 4.78 is 0. The van der Waals surface area contributed by atoms with E-state index in [9.17, 15) is 0 Å². The highest BCUT2D eigenvalue weighted by Crippen LogP contribution is 2.21. The monoisotopic (exact) mass is 278 g/mol. The molecule has 0 aromatic heterocycles. The van der Waals surface area contributed by atoms with Crippen LogP contribution in [0, 0.1) is 0 Å². The number of hydrogen-bond acceptors (Lipinski definition) is 2. The van der Waals surface area contributed by atoms with Gasteiger partial charge in [0.15, 0.2) is 0 Å². The number of benzene rings is 1. The van der Waals surface area contributed by atoms with E-state index in [4.69, 9.17) is 11.6 Å². The molecule has 104 valence electrons. The Balaban J connectivity index is 2.03. The van der Waals surface area contributed by atoms with Crippen molar-refractivity contribution in [1.29, 1.82) is 0 Å². The van der Waals surface area contributed by atoms with Crippen molar-refractivity contribution in [3.63, 3.8) is 0 Å². The van der Waals surface area contributed by atoms with Crippen molar-refractivity contribution in [1.82, 2.24) is 10.2 Å². The molecular weight excluding hydrogens is 256 g/mol. The van der Waals surface area contributed by atoms with E-state index in [0.29, 0.717) is 12.1 Å². The molecular formula is C16H23ClN2. The molecule has 1 aliphatic heterocycles. The number of nitrogens with one attached hydrogen (secondary N) is 1. The highest BCUT2D eigenvalue weighted by Gasteiger charge is 2.27. The number of piperazine rings is 1. The van der Waals surface area contributed by atoms with Crippen molar-refractivity contribution in [3.05, 3.63) is 47.5 Å². The lowest BCUT2D eigenvalue weighted by molar-refractivity contribution is 0.137. The summed E-state index contributed by atoms with van der Waals surface area (Å²) in [5.74, 6) is 0. The smallest absolute Gasteiger partial charge is 0.0450 e. The van der Waals surface area contributed by atoms with Gasteiger partial charge in [-0.3, -0.25) is 4.90 Å². The standard InChI is InChI=1S/C16H23ClN2/c1-2-7-15-12-18-16(13-19(15)11-6-10-17)14-8-4-3-5-9-14/h3-6,8-10,15-16,18H,2,7,11-13H2,1H3/b10-6+. The molecule has 1 heterocycles. The van der Waals surface area contributed by atoms with E-state index in [-0.39, 0.29) is 0 Å². The molecule has 19 heavy (non-hydrogen) atoms. The molecule has 2 rings (SSSR count). The van der Waals surface area contributed by atoms with Gasteiger partial charge in [-0.2, -0.15) is 0 Å². The van der Waals surface area contributed by atoms with E-state index in [0.717, 1.165) is 19.6 Å². The van der Waals surface area contributed by atoms with Crippen LogP contribution in [0.2, 0.25) is 0 Å². The Labute approximate surface area is 121 Å². The van der Waals surface area contributed by atoms with Crippen LogP contribution in [0.3, 0.4) is 0 Å². The first-order valence-corrected chi connectivity index (χ1v) is 7.56. The van der Waals surface area contributed by atoms with Crippen LogP contribution in [0.15, 0.2) is 41.9 Å². The summed E-state index contributed by atoms with van der Waals surface area (Å²) in [6.07, 6.45) is 4.51. The molecule has 0 aliphatic carbocycles. The van der Waals surface area contributed by atoms with Gasteiger partial charge >= 0.3 is 0 Å². The third kappa shape index (κ3) is 4.07. The van der Waals surface area contributed by atoms with Crippen molar-refractivity contribution in [3.8, 4) is 0 Å². The number of rotatable bonds is 5. The third-order valence-electron chi connectivity index (χ3n) is 3.79. The van der Waals surface area contributed by atoms with Crippen LogP contribution >= 0.6 is 11.6 Å². The van der Waals surface area contributed by atoms with Gasteiger partial charge in [0.05, 0.1) is 0 Å². The Kier molecular flexibility index (Phi) is 5.90. The molecule has 1 saturated heterocycles. The quantitative estimate of drug-likeness (QED) is 0.886. The topological polar surface area (TPSA) is 15.3 Å². The van der Waals surface area contributed by atoms with Gasteiger partial charge in [-0.1, -0.05) is 61.4 Å². The summed E-state index contributed by atoms with van der Waals surface area (Å²) in [5, 5.41) is 3.68. The average molecular weight is 279 g/mol. The first-order valence-electron chi connectivity index (χ1n) is 7.12. The van der Waals surface area contributed by atoms with E-state index >= 15 is 0 Å². The summed E-state index contributed by atoms with van der Waals surface area (Å²) in [4.78, 5) is 2.54. The van der Waals surface area contributed by atoms with E-state index in [1.165, 1.54) is 18.4 Å². The molecule has 1 N–H and O–H groups in total. The molecule has 1 aromatic rings. The first-order chi connectivity index (χ1) is 9.35. The van der Waals surface area contributed by atoms with Gasteiger partial charge in [-0.05, 0) is 12.0 Å². The maximum Gasteiger partial charge on any atom is 0.0450 e. The third-order valence-corrected chi connectivity index (χ3v) is 3.96. The fourth-order valence-electron chi connectivity index (χ4n) is 2.78. The number of hydrogen-bond donors (Lipinski definition) is 1. The van der Waals surface area contributed by atoms with Crippen molar-refractivity contribution < 1.29 is 0 Å². The van der Waals surface area contributed by atoms with Crippen LogP contribution in [-0.2, 0) is 0 Å². The minimum atomic E-state index is 0.429. The van der Waals surface area contributed by atoms with E-state index < -0.39 is 0 Å². The highest BCUT2D eigenvalue weighted by atomic mass is 35.5. The number of halogens is 1. The fourth-order valence-corrected chi connectivity index (χ4v) is 2.86. The average Bonchev–Trinajstić information content (AvgIpc) is 2.47. The minimum Gasteiger partial charge on any atom is -0.307 e. The SMILES string of the molecule is CCCC1CNC(c2ccccc2)CN1C/C=C/Cl. The molecule has 0 bridgehead atoms. The Hall–Kier alpha value is -0.830. The Morgan fingerprint density at radius 2 is 2.16 bits per heavy atom. The van der Waals surface area contributed by atoms with Crippen LogP contribution in [0.4, 0.5) is 0 Å². The fraction of sp³-hybridized carbons (Fsp3) is 0.500. The van der Waals surface area contributed by atoms with Gasteiger partial charge in [0.2, 0.25) is 0 Å². The van der Waals surface area contributed by atoms with E-state index in [1.54, 1.807) is 5.54 Å². The second-order valence-corrected chi connectivity index (χ2v) is 5.38. The lowest BCUT2D eigenvalue weighted by atomic mass is 10.00. The zero-order chi connectivity index (χ0) is 13.5. The Morgan fingerprint density at radius 1 is 1.37 bits per heavy atom. The molecule has 1 aliphatic rings. The largest absolute Gasteiger partial charge is 0.307 e.